The molecule has 2 amide bonds. The van der Waals surface area contributed by atoms with Crippen molar-refractivity contribution in [2.75, 3.05) is 19.7 Å². The first-order valence-electron chi connectivity index (χ1n) is 8.62. The Morgan fingerprint density at radius 1 is 1.35 bits per heavy atom. The third-order valence-corrected chi connectivity index (χ3v) is 4.21. The van der Waals surface area contributed by atoms with Crippen molar-refractivity contribution >= 4 is 12.0 Å². The second kappa shape index (κ2) is 7.86. The summed E-state index contributed by atoms with van der Waals surface area (Å²) >= 11 is 0. The molecule has 1 aromatic heterocycles. The van der Waals surface area contributed by atoms with Crippen LogP contribution >= 0.6 is 0 Å². The largest absolute Gasteiger partial charge is 0.461 e. The van der Waals surface area contributed by atoms with Crippen LogP contribution in [0.3, 0.4) is 0 Å². The fraction of sp³-hybridized carbons (Fsp3) is 0.316. The summed E-state index contributed by atoms with van der Waals surface area (Å²) in [6.45, 7) is 6.90. The number of benzene rings is 1. The van der Waals surface area contributed by atoms with Crippen molar-refractivity contribution in [3.8, 4) is 5.69 Å². The van der Waals surface area contributed by atoms with Crippen LogP contribution in [0.2, 0.25) is 0 Å². The smallest absolute Gasteiger partial charge is 0.359 e. The lowest BCUT2D eigenvalue weighted by molar-refractivity contribution is 0.0516. The third-order valence-electron chi connectivity index (χ3n) is 4.21. The second-order valence-corrected chi connectivity index (χ2v) is 5.89. The van der Waals surface area contributed by atoms with Gasteiger partial charge in [-0.1, -0.05) is 24.3 Å². The van der Waals surface area contributed by atoms with Crippen molar-refractivity contribution in [1.82, 2.24) is 20.0 Å². The van der Waals surface area contributed by atoms with Crippen molar-refractivity contribution in [1.29, 1.82) is 0 Å². The highest BCUT2D eigenvalue weighted by Crippen LogP contribution is 2.26. The van der Waals surface area contributed by atoms with Crippen LogP contribution in [0.5, 0.6) is 0 Å². The Morgan fingerprint density at radius 2 is 2.12 bits per heavy atom. The van der Waals surface area contributed by atoms with E-state index in [-0.39, 0.29) is 18.3 Å². The fourth-order valence-electron chi connectivity index (χ4n) is 3.01. The molecule has 0 saturated carbocycles. The number of para-hydroxylation sites is 1. The average molecular weight is 354 g/mol. The predicted molar refractivity (Wildman–Crippen MR) is 97.2 cm³/mol. The number of amides is 2. The maximum atomic E-state index is 12.4. The SMILES string of the molecule is C=CCNC(=O)N1CCc2c(c(C(=O)OCC)nn2-c2ccccc2)C1. The molecule has 0 spiro atoms. The first-order valence-corrected chi connectivity index (χ1v) is 8.62. The third kappa shape index (κ3) is 3.46. The second-order valence-electron chi connectivity index (χ2n) is 5.89. The molecule has 2 heterocycles. The van der Waals surface area contributed by atoms with Crippen molar-refractivity contribution in [2.24, 2.45) is 0 Å². The molecule has 1 aromatic carbocycles. The van der Waals surface area contributed by atoms with Crippen LogP contribution in [0.4, 0.5) is 4.79 Å². The number of ether oxygens (including phenoxy) is 1. The number of hydrogen-bond acceptors (Lipinski definition) is 4. The lowest BCUT2D eigenvalue weighted by atomic mass is 10.1. The van der Waals surface area contributed by atoms with E-state index in [1.54, 1.807) is 22.6 Å². The first kappa shape index (κ1) is 17.7. The fourth-order valence-corrected chi connectivity index (χ4v) is 3.01. The summed E-state index contributed by atoms with van der Waals surface area (Å²) in [5.74, 6) is -0.466. The molecular formula is C19H22N4O3. The molecule has 136 valence electrons. The minimum atomic E-state index is -0.466. The van der Waals surface area contributed by atoms with Crippen LogP contribution < -0.4 is 5.32 Å². The van der Waals surface area contributed by atoms with Gasteiger partial charge in [0.2, 0.25) is 0 Å². The monoisotopic (exact) mass is 354 g/mol. The molecule has 0 radical (unpaired) electrons. The van der Waals surface area contributed by atoms with E-state index in [4.69, 9.17) is 4.74 Å². The highest BCUT2D eigenvalue weighted by molar-refractivity contribution is 5.89. The number of aromatic nitrogens is 2. The molecule has 0 bridgehead atoms. The Morgan fingerprint density at radius 3 is 2.81 bits per heavy atom. The summed E-state index contributed by atoms with van der Waals surface area (Å²) in [6, 6.07) is 9.46. The van der Waals surface area contributed by atoms with Gasteiger partial charge >= 0.3 is 12.0 Å². The van der Waals surface area contributed by atoms with Gasteiger partial charge in [0.1, 0.15) is 0 Å². The number of carbonyl (C=O) groups excluding carboxylic acids is 2. The zero-order chi connectivity index (χ0) is 18.5. The van der Waals surface area contributed by atoms with Gasteiger partial charge in [-0.2, -0.15) is 5.10 Å². The topological polar surface area (TPSA) is 76.5 Å². The van der Waals surface area contributed by atoms with Crippen LogP contribution in [-0.2, 0) is 17.7 Å². The number of rotatable bonds is 5. The van der Waals surface area contributed by atoms with Gasteiger partial charge in [-0.15, -0.1) is 6.58 Å². The minimum absolute atomic E-state index is 0.183. The zero-order valence-corrected chi connectivity index (χ0v) is 14.8. The maximum absolute atomic E-state index is 12.4. The number of urea groups is 1. The number of fused-ring (bicyclic) bond motifs is 1. The molecule has 0 aliphatic carbocycles. The summed E-state index contributed by atoms with van der Waals surface area (Å²) in [5, 5.41) is 7.27. The standard InChI is InChI=1S/C19H22N4O3/c1-3-11-20-19(25)22-12-10-16-15(13-22)17(18(24)26-4-2)21-23(16)14-8-6-5-7-9-14/h3,5-9H,1,4,10-13H2,2H3,(H,20,25). The molecule has 0 unspecified atom stereocenters. The highest BCUT2D eigenvalue weighted by atomic mass is 16.5. The van der Waals surface area contributed by atoms with Crippen LogP contribution in [0.15, 0.2) is 43.0 Å². The number of nitrogens with one attached hydrogen (secondary N) is 1. The van der Waals surface area contributed by atoms with Crippen LogP contribution in [0.1, 0.15) is 28.7 Å². The number of carbonyl (C=O) groups is 2. The minimum Gasteiger partial charge on any atom is -0.461 e. The molecule has 26 heavy (non-hydrogen) atoms. The van der Waals surface area contributed by atoms with Gasteiger partial charge < -0.3 is 15.0 Å². The van der Waals surface area contributed by atoms with Crippen LogP contribution in [0.25, 0.3) is 5.69 Å². The molecular weight excluding hydrogens is 332 g/mol. The van der Waals surface area contributed by atoms with Crippen molar-refractivity contribution in [3.05, 3.63) is 59.9 Å². The molecule has 1 N–H and O–H groups in total. The van der Waals surface area contributed by atoms with Gasteiger partial charge in [-0.25, -0.2) is 14.3 Å². The molecule has 2 aromatic rings. The first-order chi connectivity index (χ1) is 12.7. The maximum Gasteiger partial charge on any atom is 0.359 e. The van der Waals surface area contributed by atoms with Crippen molar-refractivity contribution < 1.29 is 14.3 Å². The van der Waals surface area contributed by atoms with Crippen molar-refractivity contribution in [3.63, 3.8) is 0 Å². The van der Waals surface area contributed by atoms with Gasteiger partial charge in [-0.3, -0.25) is 0 Å². The van der Waals surface area contributed by atoms with Crippen LogP contribution in [-0.4, -0.2) is 46.4 Å². The molecule has 0 fully saturated rings. The Hall–Kier alpha value is -3.09. The van der Waals surface area contributed by atoms with Gasteiger partial charge in [0.05, 0.1) is 24.5 Å². The number of esters is 1. The number of hydrogen-bond donors (Lipinski definition) is 1. The Labute approximate surface area is 152 Å². The quantitative estimate of drug-likeness (QED) is 0.660. The highest BCUT2D eigenvalue weighted by Gasteiger charge is 2.31. The molecule has 0 saturated heterocycles. The molecule has 3 rings (SSSR count). The van der Waals surface area contributed by atoms with Crippen LogP contribution in [0, 0.1) is 0 Å². The van der Waals surface area contributed by atoms with Gasteiger partial charge in [-0.05, 0) is 19.1 Å². The summed E-state index contributed by atoms with van der Waals surface area (Å²) in [4.78, 5) is 26.3. The zero-order valence-electron chi connectivity index (χ0n) is 14.8. The molecule has 7 heteroatoms. The lowest BCUT2D eigenvalue weighted by Crippen LogP contribution is -2.43. The van der Waals surface area contributed by atoms with Crippen molar-refractivity contribution in [2.45, 2.75) is 19.9 Å². The number of nitrogens with zero attached hydrogens (tertiary/aromatic N) is 3. The van der Waals surface area contributed by atoms with Gasteiger partial charge in [0.25, 0.3) is 0 Å². The molecule has 7 nitrogen and oxygen atoms in total. The van der Waals surface area contributed by atoms with Gasteiger partial charge in [0, 0.05) is 25.1 Å². The molecule has 1 aliphatic heterocycles. The Bertz CT molecular complexity index is 814. The Kier molecular flexibility index (Phi) is 5.36. The summed E-state index contributed by atoms with van der Waals surface area (Å²) < 4.78 is 6.94. The Balaban J connectivity index is 1.97. The summed E-state index contributed by atoms with van der Waals surface area (Å²) in [7, 11) is 0. The predicted octanol–water partition coefficient (Wildman–Crippen LogP) is 2.30. The summed E-state index contributed by atoms with van der Waals surface area (Å²) in [5.41, 5.74) is 2.83. The molecule has 1 aliphatic rings. The van der Waals surface area contributed by atoms with E-state index in [9.17, 15) is 9.59 Å². The van der Waals surface area contributed by atoms with E-state index in [0.717, 1.165) is 16.9 Å². The average Bonchev–Trinajstić information content (AvgIpc) is 3.06. The summed E-state index contributed by atoms with van der Waals surface area (Å²) in [6.07, 6.45) is 2.24. The van der Waals surface area contributed by atoms with Gasteiger partial charge in [0.15, 0.2) is 5.69 Å². The van der Waals surface area contributed by atoms with E-state index >= 15 is 0 Å². The van der Waals surface area contributed by atoms with E-state index in [2.05, 4.69) is 17.0 Å². The normalized spacial score (nSPS) is 13.0. The lowest BCUT2D eigenvalue weighted by Gasteiger charge is -2.27. The van der Waals surface area contributed by atoms with E-state index < -0.39 is 5.97 Å². The van der Waals surface area contributed by atoms with E-state index in [1.165, 1.54) is 0 Å². The molecule has 0 atom stereocenters. The van der Waals surface area contributed by atoms with E-state index in [1.807, 2.05) is 30.3 Å². The van der Waals surface area contributed by atoms with E-state index in [0.29, 0.717) is 26.1 Å².